The van der Waals surface area contributed by atoms with Gasteiger partial charge in [-0.25, -0.2) is 4.39 Å². The van der Waals surface area contributed by atoms with Crippen molar-refractivity contribution in [2.75, 3.05) is 7.05 Å². The zero-order valence-corrected chi connectivity index (χ0v) is 13.2. The normalized spacial score (nSPS) is 12.2. The van der Waals surface area contributed by atoms with E-state index in [1.807, 2.05) is 26.1 Å². The summed E-state index contributed by atoms with van der Waals surface area (Å²) in [5.41, 5.74) is 2.71. The van der Waals surface area contributed by atoms with Crippen molar-refractivity contribution < 1.29 is 9.13 Å². The van der Waals surface area contributed by atoms with Crippen molar-refractivity contribution in [2.24, 2.45) is 0 Å². The predicted octanol–water partition coefficient (Wildman–Crippen LogP) is 4.65. The molecule has 0 saturated heterocycles. The molecule has 2 nitrogen and oxygen atoms in total. The topological polar surface area (TPSA) is 21.3 Å². The van der Waals surface area contributed by atoms with Crippen LogP contribution < -0.4 is 10.1 Å². The summed E-state index contributed by atoms with van der Waals surface area (Å²) in [6, 6.07) is 10.8. The summed E-state index contributed by atoms with van der Waals surface area (Å²) < 4.78 is 19.6. The van der Waals surface area contributed by atoms with E-state index in [0.717, 1.165) is 16.9 Å². The molecule has 0 radical (unpaired) electrons. The lowest BCUT2D eigenvalue weighted by atomic mass is 10.0. The number of ether oxygens (including phenoxy) is 1. The molecule has 0 fully saturated rings. The molecule has 0 bridgehead atoms. The van der Waals surface area contributed by atoms with Gasteiger partial charge in [-0.2, -0.15) is 0 Å². The van der Waals surface area contributed by atoms with E-state index in [4.69, 9.17) is 16.3 Å². The van der Waals surface area contributed by atoms with Crippen LogP contribution in [0, 0.1) is 12.7 Å². The summed E-state index contributed by atoms with van der Waals surface area (Å²) in [7, 11) is 1.90. The van der Waals surface area contributed by atoms with E-state index in [2.05, 4.69) is 18.3 Å². The van der Waals surface area contributed by atoms with E-state index in [1.54, 1.807) is 12.1 Å². The van der Waals surface area contributed by atoms with Gasteiger partial charge in [0, 0.05) is 22.2 Å². The van der Waals surface area contributed by atoms with Crippen molar-refractivity contribution in [3.05, 3.63) is 63.9 Å². The minimum Gasteiger partial charge on any atom is -0.488 e. The summed E-state index contributed by atoms with van der Waals surface area (Å²) in [5.74, 6) is 0.412. The maximum Gasteiger partial charge on any atom is 0.131 e. The van der Waals surface area contributed by atoms with Gasteiger partial charge in [-0.1, -0.05) is 35.4 Å². The Kier molecular flexibility index (Phi) is 5.21. The first-order valence-electron chi connectivity index (χ1n) is 6.86. The van der Waals surface area contributed by atoms with Crippen LogP contribution in [0.3, 0.4) is 0 Å². The number of nitrogens with one attached hydrogen (secondary N) is 1. The second-order valence-electron chi connectivity index (χ2n) is 5.08. The maximum atomic E-state index is 13.8. The van der Waals surface area contributed by atoms with E-state index in [0.29, 0.717) is 10.6 Å². The molecule has 0 aliphatic carbocycles. The van der Waals surface area contributed by atoms with Crippen LogP contribution in [0.2, 0.25) is 5.02 Å². The van der Waals surface area contributed by atoms with Crippen LogP contribution in [0.25, 0.3) is 0 Å². The Hall–Kier alpha value is -1.58. The monoisotopic (exact) mass is 307 g/mol. The SMILES string of the molecule is CNC(C)c1cc(C)ccc1OCc1ccc(Cl)cc1F. The average Bonchev–Trinajstić information content (AvgIpc) is 2.46. The molecule has 0 spiro atoms. The van der Waals surface area contributed by atoms with Crippen LogP contribution in [0.4, 0.5) is 4.39 Å². The number of aryl methyl sites for hydroxylation is 1. The van der Waals surface area contributed by atoms with Gasteiger partial charge in [0.15, 0.2) is 0 Å². The van der Waals surface area contributed by atoms with Crippen LogP contribution in [0.15, 0.2) is 36.4 Å². The molecule has 4 heteroatoms. The van der Waals surface area contributed by atoms with E-state index in [1.165, 1.54) is 6.07 Å². The number of hydrogen-bond donors (Lipinski definition) is 1. The lowest BCUT2D eigenvalue weighted by Crippen LogP contribution is -2.14. The highest BCUT2D eigenvalue weighted by Crippen LogP contribution is 2.27. The first-order valence-corrected chi connectivity index (χ1v) is 7.23. The molecule has 21 heavy (non-hydrogen) atoms. The molecule has 0 saturated carbocycles. The van der Waals surface area contributed by atoms with Gasteiger partial charge >= 0.3 is 0 Å². The molecule has 2 aromatic carbocycles. The highest BCUT2D eigenvalue weighted by Gasteiger charge is 2.11. The number of halogens is 2. The molecule has 0 amide bonds. The minimum atomic E-state index is -0.349. The molecular weight excluding hydrogens is 289 g/mol. The Morgan fingerprint density at radius 2 is 2.00 bits per heavy atom. The summed E-state index contributed by atoms with van der Waals surface area (Å²) in [6.07, 6.45) is 0. The summed E-state index contributed by atoms with van der Waals surface area (Å²) in [4.78, 5) is 0. The predicted molar refractivity (Wildman–Crippen MR) is 84.4 cm³/mol. The van der Waals surface area contributed by atoms with Crippen molar-refractivity contribution in [2.45, 2.75) is 26.5 Å². The van der Waals surface area contributed by atoms with E-state index in [-0.39, 0.29) is 18.5 Å². The third kappa shape index (κ3) is 3.96. The zero-order valence-electron chi connectivity index (χ0n) is 12.4. The van der Waals surface area contributed by atoms with Crippen molar-refractivity contribution >= 4 is 11.6 Å². The molecule has 2 aromatic rings. The van der Waals surface area contributed by atoms with Crippen LogP contribution in [0.5, 0.6) is 5.75 Å². The Bertz CT molecular complexity index is 630. The average molecular weight is 308 g/mol. The Morgan fingerprint density at radius 3 is 2.67 bits per heavy atom. The van der Waals surface area contributed by atoms with E-state index < -0.39 is 0 Å². The quantitative estimate of drug-likeness (QED) is 0.868. The maximum absolute atomic E-state index is 13.8. The largest absolute Gasteiger partial charge is 0.488 e. The number of hydrogen-bond acceptors (Lipinski definition) is 2. The Balaban J connectivity index is 2.19. The minimum absolute atomic E-state index is 0.162. The van der Waals surface area contributed by atoms with Crippen LogP contribution in [0.1, 0.15) is 29.7 Å². The number of benzene rings is 2. The molecule has 1 atom stereocenters. The van der Waals surface area contributed by atoms with E-state index >= 15 is 0 Å². The van der Waals surface area contributed by atoms with E-state index in [9.17, 15) is 4.39 Å². The molecule has 2 rings (SSSR count). The van der Waals surface area contributed by atoms with Crippen LogP contribution in [-0.4, -0.2) is 7.05 Å². The molecule has 1 unspecified atom stereocenters. The second kappa shape index (κ2) is 6.92. The van der Waals surface area contributed by atoms with Gasteiger partial charge in [-0.05, 0) is 39.1 Å². The number of rotatable bonds is 5. The Labute approximate surface area is 129 Å². The van der Waals surface area contributed by atoms with Gasteiger partial charge in [0.25, 0.3) is 0 Å². The van der Waals surface area contributed by atoms with Gasteiger partial charge in [-0.3, -0.25) is 0 Å². The molecule has 112 valence electrons. The first-order chi connectivity index (χ1) is 10.0. The van der Waals surface area contributed by atoms with Crippen molar-refractivity contribution in [1.29, 1.82) is 0 Å². The fraction of sp³-hybridized carbons (Fsp3) is 0.294. The first kappa shape index (κ1) is 15.8. The molecule has 0 aliphatic heterocycles. The highest BCUT2D eigenvalue weighted by atomic mass is 35.5. The zero-order chi connectivity index (χ0) is 15.4. The lowest BCUT2D eigenvalue weighted by Gasteiger charge is -2.17. The smallest absolute Gasteiger partial charge is 0.131 e. The third-order valence-electron chi connectivity index (χ3n) is 3.46. The second-order valence-corrected chi connectivity index (χ2v) is 5.51. The van der Waals surface area contributed by atoms with Gasteiger partial charge in [0.2, 0.25) is 0 Å². The fourth-order valence-electron chi connectivity index (χ4n) is 2.09. The summed E-state index contributed by atoms with van der Waals surface area (Å²) in [5, 5.41) is 3.58. The van der Waals surface area contributed by atoms with Crippen molar-refractivity contribution in [1.82, 2.24) is 5.32 Å². The van der Waals surface area contributed by atoms with Crippen LogP contribution in [-0.2, 0) is 6.61 Å². The molecule has 0 heterocycles. The fourth-order valence-corrected chi connectivity index (χ4v) is 2.25. The van der Waals surface area contributed by atoms with Crippen LogP contribution >= 0.6 is 11.6 Å². The van der Waals surface area contributed by atoms with Gasteiger partial charge in [-0.15, -0.1) is 0 Å². The molecule has 1 N–H and O–H groups in total. The molecule has 0 aromatic heterocycles. The standard InChI is InChI=1S/C17H19ClFNO/c1-11-4-7-17(15(8-11)12(2)20-3)21-10-13-5-6-14(18)9-16(13)19/h4-9,12,20H,10H2,1-3H3. The Morgan fingerprint density at radius 1 is 1.24 bits per heavy atom. The summed E-state index contributed by atoms with van der Waals surface area (Å²) in [6.45, 7) is 4.27. The van der Waals surface area contributed by atoms with Crippen molar-refractivity contribution in [3.8, 4) is 5.75 Å². The van der Waals surface area contributed by atoms with Crippen molar-refractivity contribution in [3.63, 3.8) is 0 Å². The molecular formula is C17H19ClFNO. The van der Waals surface area contributed by atoms with Gasteiger partial charge < -0.3 is 10.1 Å². The third-order valence-corrected chi connectivity index (χ3v) is 3.70. The van der Waals surface area contributed by atoms with Gasteiger partial charge in [0.05, 0.1) is 0 Å². The van der Waals surface area contributed by atoms with Gasteiger partial charge in [0.1, 0.15) is 18.2 Å². The lowest BCUT2D eigenvalue weighted by molar-refractivity contribution is 0.294. The highest BCUT2D eigenvalue weighted by molar-refractivity contribution is 6.30. The molecule has 0 aliphatic rings. The summed E-state index contributed by atoms with van der Waals surface area (Å²) >= 11 is 5.75.